The van der Waals surface area contributed by atoms with Crippen LogP contribution in [0.3, 0.4) is 0 Å². The zero-order chi connectivity index (χ0) is 13.1. The first-order valence-corrected chi connectivity index (χ1v) is 6.88. The number of ether oxygens (including phenoxy) is 1. The SMILES string of the molecule is N[C@H]1CCc2cc(OCCc3ccccc3)ccc21. The van der Waals surface area contributed by atoms with Crippen molar-refractivity contribution in [2.75, 3.05) is 6.61 Å². The first kappa shape index (κ1) is 12.2. The van der Waals surface area contributed by atoms with Crippen LogP contribution in [0.1, 0.15) is 29.2 Å². The first-order valence-electron chi connectivity index (χ1n) is 6.88. The zero-order valence-corrected chi connectivity index (χ0v) is 11.0. The molecule has 2 aromatic rings. The number of nitrogens with two attached hydrogens (primary N) is 1. The molecule has 0 amide bonds. The van der Waals surface area contributed by atoms with Gasteiger partial charge < -0.3 is 10.5 Å². The molecule has 0 saturated heterocycles. The minimum atomic E-state index is 0.216. The minimum absolute atomic E-state index is 0.216. The Balaban J connectivity index is 1.59. The fourth-order valence-electron chi connectivity index (χ4n) is 2.65. The van der Waals surface area contributed by atoms with Crippen molar-refractivity contribution >= 4 is 0 Å². The van der Waals surface area contributed by atoms with E-state index in [1.54, 1.807) is 0 Å². The summed E-state index contributed by atoms with van der Waals surface area (Å²) >= 11 is 0. The van der Waals surface area contributed by atoms with Gasteiger partial charge in [-0.2, -0.15) is 0 Å². The van der Waals surface area contributed by atoms with E-state index in [9.17, 15) is 0 Å². The molecule has 2 heteroatoms. The molecule has 2 aromatic carbocycles. The number of aryl methyl sites for hydroxylation is 1. The van der Waals surface area contributed by atoms with Crippen LogP contribution in [0.25, 0.3) is 0 Å². The number of hydrogen-bond acceptors (Lipinski definition) is 2. The van der Waals surface area contributed by atoms with Gasteiger partial charge in [-0.25, -0.2) is 0 Å². The summed E-state index contributed by atoms with van der Waals surface area (Å²) in [6, 6.07) is 16.9. The molecule has 0 aromatic heterocycles. The molecule has 3 rings (SSSR count). The van der Waals surface area contributed by atoms with Crippen molar-refractivity contribution in [1.82, 2.24) is 0 Å². The molecule has 2 N–H and O–H groups in total. The van der Waals surface area contributed by atoms with Crippen molar-refractivity contribution in [3.8, 4) is 5.75 Å². The van der Waals surface area contributed by atoms with Crippen LogP contribution in [0.5, 0.6) is 5.75 Å². The second-order valence-electron chi connectivity index (χ2n) is 5.09. The molecule has 0 heterocycles. The van der Waals surface area contributed by atoms with Gasteiger partial charge in [-0.3, -0.25) is 0 Å². The highest BCUT2D eigenvalue weighted by atomic mass is 16.5. The Morgan fingerprint density at radius 2 is 1.95 bits per heavy atom. The van der Waals surface area contributed by atoms with Crippen LogP contribution in [-0.4, -0.2) is 6.61 Å². The van der Waals surface area contributed by atoms with Gasteiger partial charge in [-0.05, 0) is 41.7 Å². The molecule has 0 spiro atoms. The van der Waals surface area contributed by atoms with Gasteiger partial charge in [-0.1, -0.05) is 36.4 Å². The number of benzene rings is 2. The maximum Gasteiger partial charge on any atom is 0.119 e. The van der Waals surface area contributed by atoms with Crippen molar-refractivity contribution in [2.24, 2.45) is 5.73 Å². The number of hydrogen-bond donors (Lipinski definition) is 1. The average Bonchev–Trinajstić information content (AvgIpc) is 2.81. The number of fused-ring (bicyclic) bond motifs is 1. The van der Waals surface area contributed by atoms with Gasteiger partial charge in [0.2, 0.25) is 0 Å². The van der Waals surface area contributed by atoms with E-state index in [0.29, 0.717) is 0 Å². The molecule has 19 heavy (non-hydrogen) atoms. The van der Waals surface area contributed by atoms with E-state index in [-0.39, 0.29) is 6.04 Å². The van der Waals surface area contributed by atoms with Crippen LogP contribution in [-0.2, 0) is 12.8 Å². The smallest absolute Gasteiger partial charge is 0.119 e. The molecule has 1 atom stereocenters. The molecule has 0 fully saturated rings. The van der Waals surface area contributed by atoms with E-state index < -0.39 is 0 Å². The lowest BCUT2D eigenvalue weighted by atomic mass is 10.1. The van der Waals surface area contributed by atoms with E-state index in [1.807, 2.05) is 12.1 Å². The van der Waals surface area contributed by atoms with Crippen LogP contribution >= 0.6 is 0 Å². The largest absolute Gasteiger partial charge is 0.493 e. The summed E-state index contributed by atoms with van der Waals surface area (Å²) in [6.45, 7) is 0.717. The summed E-state index contributed by atoms with van der Waals surface area (Å²) in [6.07, 6.45) is 3.08. The Hall–Kier alpha value is -1.80. The summed E-state index contributed by atoms with van der Waals surface area (Å²) < 4.78 is 5.83. The van der Waals surface area contributed by atoms with Crippen LogP contribution in [0.15, 0.2) is 48.5 Å². The minimum Gasteiger partial charge on any atom is -0.493 e. The van der Waals surface area contributed by atoms with Gasteiger partial charge in [-0.15, -0.1) is 0 Å². The monoisotopic (exact) mass is 253 g/mol. The van der Waals surface area contributed by atoms with Crippen molar-refractivity contribution in [3.63, 3.8) is 0 Å². The molecule has 98 valence electrons. The van der Waals surface area contributed by atoms with Crippen molar-refractivity contribution in [3.05, 3.63) is 65.2 Å². The fraction of sp³-hybridized carbons (Fsp3) is 0.294. The van der Waals surface area contributed by atoms with E-state index in [1.165, 1.54) is 16.7 Å². The Morgan fingerprint density at radius 1 is 1.11 bits per heavy atom. The zero-order valence-electron chi connectivity index (χ0n) is 11.0. The topological polar surface area (TPSA) is 35.2 Å². The van der Waals surface area contributed by atoms with Gasteiger partial charge in [0.1, 0.15) is 5.75 Å². The standard InChI is InChI=1S/C17H19NO/c18-17-9-6-14-12-15(7-8-16(14)17)19-11-10-13-4-2-1-3-5-13/h1-5,7-8,12,17H,6,9-11,18H2/t17-/m0/s1. The first-order chi connectivity index (χ1) is 9.33. The van der Waals surface area contributed by atoms with Gasteiger partial charge in [0, 0.05) is 12.5 Å². The maximum atomic E-state index is 6.03. The number of rotatable bonds is 4. The second-order valence-corrected chi connectivity index (χ2v) is 5.09. The lowest BCUT2D eigenvalue weighted by molar-refractivity contribution is 0.321. The van der Waals surface area contributed by atoms with Gasteiger partial charge in [0.05, 0.1) is 6.61 Å². The van der Waals surface area contributed by atoms with Crippen LogP contribution in [0.2, 0.25) is 0 Å². The average molecular weight is 253 g/mol. The van der Waals surface area contributed by atoms with Crippen molar-refractivity contribution in [2.45, 2.75) is 25.3 Å². The molecule has 0 radical (unpaired) electrons. The van der Waals surface area contributed by atoms with Gasteiger partial charge in [0.25, 0.3) is 0 Å². The highest BCUT2D eigenvalue weighted by Crippen LogP contribution is 2.31. The third-order valence-corrected chi connectivity index (χ3v) is 3.74. The van der Waals surface area contributed by atoms with E-state index in [4.69, 9.17) is 10.5 Å². The third kappa shape index (κ3) is 2.79. The predicted molar refractivity (Wildman–Crippen MR) is 77.3 cm³/mol. The summed E-state index contributed by atoms with van der Waals surface area (Å²) in [5.74, 6) is 0.962. The molecule has 2 nitrogen and oxygen atoms in total. The molecular weight excluding hydrogens is 234 g/mol. The molecule has 0 aliphatic heterocycles. The lowest BCUT2D eigenvalue weighted by Crippen LogP contribution is -2.05. The molecule has 1 aliphatic carbocycles. The Morgan fingerprint density at radius 3 is 2.79 bits per heavy atom. The molecular formula is C17H19NO. The predicted octanol–water partition coefficient (Wildman–Crippen LogP) is 3.25. The van der Waals surface area contributed by atoms with E-state index >= 15 is 0 Å². The summed E-state index contributed by atoms with van der Waals surface area (Å²) in [7, 11) is 0. The second kappa shape index (κ2) is 5.45. The van der Waals surface area contributed by atoms with Crippen LogP contribution < -0.4 is 10.5 Å². The van der Waals surface area contributed by atoms with Gasteiger partial charge in [0.15, 0.2) is 0 Å². The molecule has 0 bridgehead atoms. The molecule has 0 saturated carbocycles. The Labute approximate surface area is 114 Å². The summed E-state index contributed by atoms with van der Waals surface area (Å²) in [5.41, 5.74) is 9.98. The Bertz CT molecular complexity index is 550. The maximum absolute atomic E-state index is 6.03. The van der Waals surface area contributed by atoms with Crippen molar-refractivity contribution < 1.29 is 4.74 Å². The molecule has 1 aliphatic rings. The van der Waals surface area contributed by atoms with Crippen LogP contribution in [0, 0.1) is 0 Å². The van der Waals surface area contributed by atoms with E-state index in [0.717, 1.165) is 31.6 Å². The quantitative estimate of drug-likeness (QED) is 0.907. The fourth-order valence-corrected chi connectivity index (χ4v) is 2.65. The third-order valence-electron chi connectivity index (χ3n) is 3.74. The van der Waals surface area contributed by atoms with Crippen molar-refractivity contribution in [1.29, 1.82) is 0 Å². The van der Waals surface area contributed by atoms with Gasteiger partial charge >= 0.3 is 0 Å². The lowest BCUT2D eigenvalue weighted by Gasteiger charge is -2.09. The normalized spacial score (nSPS) is 17.2. The van der Waals surface area contributed by atoms with E-state index in [2.05, 4.69) is 36.4 Å². The Kier molecular flexibility index (Phi) is 3.51. The highest BCUT2D eigenvalue weighted by molar-refractivity contribution is 5.40. The molecule has 0 unspecified atom stereocenters. The summed E-state index contributed by atoms with van der Waals surface area (Å²) in [4.78, 5) is 0. The van der Waals surface area contributed by atoms with Crippen LogP contribution in [0.4, 0.5) is 0 Å². The summed E-state index contributed by atoms with van der Waals surface area (Å²) in [5, 5.41) is 0. The highest BCUT2D eigenvalue weighted by Gasteiger charge is 2.18.